The number of imidazole rings is 1. The molecule has 0 bridgehead atoms. The molecule has 0 unspecified atom stereocenters. The third kappa shape index (κ3) is 2.73. The van der Waals surface area contributed by atoms with E-state index in [0.29, 0.717) is 16.9 Å². The van der Waals surface area contributed by atoms with Gasteiger partial charge in [-0.2, -0.15) is 13.2 Å². The molecule has 1 aromatic heterocycles. The molecule has 2 rings (SSSR count). The normalized spacial score (nSPS) is 13.2. The summed E-state index contributed by atoms with van der Waals surface area (Å²) in [6.45, 7) is 2.58. The average molecular weight is 271 g/mol. The fourth-order valence-corrected chi connectivity index (χ4v) is 2.00. The van der Waals surface area contributed by atoms with Gasteiger partial charge in [-0.25, -0.2) is 4.98 Å². The van der Waals surface area contributed by atoms with Crippen molar-refractivity contribution in [2.75, 3.05) is 7.05 Å². The Morgan fingerprint density at radius 2 is 1.84 bits per heavy atom. The summed E-state index contributed by atoms with van der Waals surface area (Å²) in [5, 5.41) is 2.99. The smallest absolute Gasteiger partial charge is 0.317 e. The Kier molecular flexibility index (Phi) is 3.30. The molecule has 0 aliphatic heterocycles. The minimum atomic E-state index is -4.28. The maximum atomic E-state index is 12.7. The number of fused-ring (bicyclic) bond motifs is 1. The zero-order chi connectivity index (χ0) is 14.3. The summed E-state index contributed by atoms with van der Waals surface area (Å²) in [4.78, 5) is 4.34. The van der Waals surface area contributed by atoms with E-state index in [9.17, 15) is 13.2 Å². The van der Waals surface area contributed by atoms with Crippen LogP contribution in [0.15, 0.2) is 24.3 Å². The molecule has 6 heteroatoms. The molecule has 2 aromatic rings. The molecule has 0 radical (unpaired) electrons. The summed E-state index contributed by atoms with van der Waals surface area (Å²) in [5.74, 6) is 0.383. The summed E-state index contributed by atoms with van der Waals surface area (Å²) in [6.07, 6.45) is -4.28. The van der Waals surface area contributed by atoms with E-state index in [1.807, 2.05) is 0 Å². The molecule has 3 nitrogen and oxygen atoms in total. The van der Waals surface area contributed by atoms with Crippen molar-refractivity contribution in [2.24, 2.45) is 0 Å². The molecule has 0 fully saturated rings. The first-order chi connectivity index (χ1) is 8.74. The highest BCUT2D eigenvalue weighted by Crippen LogP contribution is 2.28. The highest BCUT2D eigenvalue weighted by molar-refractivity contribution is 5.76. The maximum Gasteiger partial charge on any atom is 0.406 e. The zero-order valence-corrected chi connectivity index (χ0v) is 11.0. The van der Waals surface area contributed by atoms with E-state index in [4.69, 9.17) is 0 Å². The molecule has 0 spiro atoms. The lowest BCUT2D eigenvalue weighted by molar-refractivity contribution is -0.140. The predicted octanol–water partition coefficient (Wildman–Crippen LogP) is 3.05. The van der Waals surface area contributed by atoms with Crippen LogP contribution in [0.4, 0.5) is 13.2 Å². The van der Waals surface area contributed by atoms with E-state index >= 15 is 0 Å². The van der Waals surface area contributed by atoms with Crippen molar-refractivity contribution >= 4 is 11.0 Å². The average Bonchev–Trinajstić information content (AvgIpc) is 2.67. The molecule has 0 aliphatic rings. The lowest BCUT2D eigenvalue weighted by Gasteiger charge is -2.25. The Labute approximate surface area is 109 Å². The fraction of sp³-hybridized carbons (Fsp3) is 0.462. The van der Waals surface area contributed by atoms with Crippen molar-refractivity contribution < 1.29 is 13.2 Å². The van der Waals surface area contributed by atoms with Crippen LogP contribution in [0.5, 0.6) is 0 Å². The zero-order valence-electron chi connectivity index (χ0n) is 11.0. The van der Waals surface area contributed by atoms with Crippen LogP contribution in [-0.4, -0.2) is 22.8 Å². The van der Waals surface area contributed by atoms with E-state index in [2.05, 4.69) is 10.3 Å². The second-order valence-electron chi connectivity index (χ2n) is 5.00. The van der Waals surface area contributed by atoms with Gasteiger partial charge in [0, 0.05) is 0 Å². The van der Waals surface area contributed by atoms with Gasteiger partial charge in [0.1, 0.15) is 12.4 Å². The van der Waals surface area contributed by atoms with Crippen LogP contribution in [0.25, 0.3) is 11.0 Å². The van der Waals surface area contributed by atoms with Crippen LogP contribution in [0.1, 0.15) is 19.7 Å². The van der Waals surface area contributed by atoms with Gasteiger partial charge in [-0.05, 0) is 33.0 Å². The maximum absolute atomic E-state index is 12.7. The highest BCUT2D eigenvalue weighted by atomic mass is 19.4. The summed E-state index contributed by atoms with van der Waals surface area (Å²) in [6, 6.07) is 6.86. The number of rotatable bonds is 3. The Balaban J connectivity index is 2.65. The van der Waals surface area contributed by atoms with Gasteiger partial charge in [-0.1, -0.05) is 12.1 Å². The topological polar surface area (TPSA) is 29.9 Å². The van der Waals surface area contributed by atoms with Gasteiger partial charge in [0.25, 0.3) is 0 Å². The molecule has 0 aliphatic carbocycles. The first-order valence-electron chi connectivity index (χ1n) is 5.96. The molecule has 0 saturated heterocycles. The number of para-hydroxylation sites is 2. The van der Waals surface area contributed by atoms with Crippen molar-refractivity contribution in [2.45, 2.75) is 32.1 Å². The van der Waals surface area contributed by atoms with E-state index in [1.165, 1.54) is 4.57 Å². The number of aromatic nitrogens is 2. The number of hydrogen-bond donors (Lipinski definition) is 1. The number of benzene rings is 1. The van der Waals surface area contributed by atoms with Crippen LogP contribution < -0.4 is 5.32 Å². The van der Waals surface area contributed by atoms with Gasteiger partial charge < -0.3 is 9.88 Å². The second-order valence-corrected chi connectivity index (χ2v) is 5.00. The molecule has 1 N–H and O–H groups in total. The first kappa shape index (κ1) is 13.9. The molecule has 0 saturated carbocycles. The summed E-state index contributed by atoms with van der Waals surface area (Å²) in [5.41, 5.74) is 0.438. The minimum absolute atomic E-state index is 0.383. The molecule has 19 heavy (non-hydrogen) atoms. The van der Waals surface area contributed by atoms with Gasteiger partial charge >= 0.3 is 6.18 Å². The third-order valence-corrected chi connectivity index (χ3v) is 3.18. The molecule has 1 heterocycles. The van der Waals surface area contributed by atoms with Crippen LogP contribution in [0.2, 0.25) is 0 Å². The largest absolute Gasteiger partial charge is 0.406 e. The number of nitrogens with zero attached hydrogens (tertiary/aromatic N) is 2. The molecule has 0 atom stereocenters. The van der Waals surface area contributed by atoms with Crippen molar-refractivity contribution in [1.82, 2.24) is 14.9 Å². The summed E-state index contributed by atoms with van der Waals surface area (Å²) < 4.78 is 39.5. The Morgan fingerprint density at radius 1 is 1.21 bits per heavy atom. The molecule has 104 valence electrons. The van der Waals surface area contributed by atoms with Gasteiger partial charge in [-0.15, -0.1) is 0 Å². The molecular weight excluding hydrogens is 255 g/mol. The highest BCUT2D eigenvalue weighted by Gasteiger charge is 2.33. The van der Waals surface area contributed by atoms with E-state index < -0.39 is 18.3 Å². The van der Waals surface area contributed by atoms with Crippen molar-refractivity contribution in [1.29, 1.82) is 0 Å². The van der Waals surface area contributed by atoms with E-state index in [1.54, 1.807) is 45.2 Å². The summed E-state index contributed by atoms with van der Waals surface area (Å²) >= 11 is 0. The number of hydrogen-bond acceptors (Lipinski definition) is 2. The van der Waals surface area contributed by atoms with Gasteiger partial charge in [0.2, 0.25) is 0 Å². The quantitative estimate of drug-likeness (QED) is 0.929. The predicted molar refractivity (Wildman–Crippen MR) is 67.9 cm³/mol. The molecular formula is C13H16F3N3. The number of nitrogens with one attached hydrogen (secondary N) is 1. The van der Waals surface area contributed by atoms with E-state index in [-0.39, 0.29) is 0 Å². The van der Waals surface area contributed by atoms with Crippen LogP contribution >= 0.6 is 0 Å². The summed E-state index contributed by atoms with van der Waals surface area (Å²) in [7, 11) is 1.71. The van der Waals surface area contributed by atoms with Crippen molar-refractivity contribution in [3.63, 3.8) is 0 Å². The standard InChI is InChI=1S/C13H16F3N3/c1-12(2,17-3)11-18-9-6-4-5-7-10(9)19(11)8-13(14,15)16/h4-7,17H,8H2,1-3H3. The Bertz CT molecular complexity index is 584. The van der Waals surface area contributed by atoms with Gasteiger partial charge in [-0.3, -0.25) is 0 Å². The SMILES string of the molecule is CNC(C)(C)c1nc2ccccc2n1CC(F)(F)F. The Hall–Kier alpha value is -1.56. The lowest BCUT2D eigenvalue weighted by Crippen LogP contribution is -2.37. The number of halogens is 3. The van der Waals surface area contributed by atoms with Crippen LogP contribution in [0, 0.1) is 0 Å². The third-order valence-electron chi connectivity index (χ3n) is 3.18. The van der Waals surface area contributed by atoms with E-state index in [0.717, 1.165) is 0 Å². The monoisotopic (exact) mass is 271 g/mol. The Morgan fingerprint density at radius 3 is 2.42 bits per heavy atom. The van der Waals surface area contributed by atoms with Crippen LogP contribution in [0.3, 0.4) is 0 Å². The molecule has 0 amide bonds. The molecule has 1 aromatic carbocycles. The van der Waals surface area contributed by atoms with Crippen molar-refractivity contribution in [3.8, 4) is 0 Å². The van der Waals surface area contributed by atoms with Gasteiger partial charge in [0.15, 0.2) is 0 Å². The minimum Gasteiger partial charge on any atom is -0.317 e. The fourth-order valence-electron chi connectivity index (χ4n) is 2.00. The lowest BCUT2D eigenvalue weighted by atomic mass is 10.1. The van der Waals surface area contributed by atoms with Gasteiger partial charge in [0.05, 0.1) is 16.6 Å². The first-order valence-corrected chi connectivity index (χ1v) is 5.96. The van der Waals surface area contributed by atoms with Crippen molar-refractivity contribution in [3.05, 3.63) is 30.1 Å². The second kappa shape index (κ2) is 4.52. The van der Waals surface area contributed by atoms with Crippen LogP contribution in [-0.2, 0) is 12.1 Å². The number of alkyl halides is 3.